The molecule has 0 amide bonds. The molecule has 1 fully saturated rings. The van der Waals surface area contributed by atoms with Crippen LogP contribution >= 0.6 is 11.3 Å². The molecule has 35 heavy (non-hydrogen) atoms. The van der Waals surface area contributed by atoms with E-state index in [1.807, 2.05) is 47.8 Å². The molecule has 1 aliphatic rings. The third-order valence-corrected chi connectivity index (χ3v) is 6.80. The maximum atomic E-state index is 13.3. The quantitative estimate of drug-likeness (QED) is 0.415. The summed E-state index contributed by atoms with van der Waals surface area (Å²) in [4.78, 5) is 13.8. The molecule has 0 radical (unpaired) electrons. The standard InChI is InChI=1S/C23H26FN7OS.C2H6/c1-3-18-22(29(2)23-27-19(14-33-23)15-4-6-16(24)7-5-15)31-20(26-18)8-9-21(28-31)30-11-10-25-17(12-30)13-32;1-2/h4-9,14,17,25,32H,3,10-13H2,1-2H3;1-2H3/t17-;/m0./s1. The Hall–Kier alpha value is -3.08. The van der Waals surface area contributed by atoms with Gasteiger partial charge in [-0.25, -0.2) is 14.4 Å². The van der Waals surface area contributed by atoms with Crippen LogP contribution < -0.4 is 15.1 Å². The number of piperazine rings is 1. The van der Waals surface area contributed by atoms with Gasteiger partial charge in [-0.2, -0.15) is 4.52 Å². The number of hydrogen-bond acceptors (Lipinski definition) is 8. The molecule has 1 aromatic carbocycles. The van der Waals surface area contributed by atoms with Crippen molar-refractivity contribution in [1.82, 2.24) is 24.9 Å². The van der Waals surface area contributed by atoms with Gasteiger partial charge in [0.1, 0.15) is 11.6 Å². The van der Waals surface area contributed by atoms with Crippen molar-refractivity contribution in [3.05, 3.63) is 53.3 Å². The Morgan fingerprint density at radius 2 is 1.94 bits per heavy atom. The lowest BCUT2D eigenvalue weighted by Crippen LogP contribution is -2.52. The number of halogens is 1. The summed E-state index contributed by atoms with van der Waals surface area (Å²) in [5.41, 5.74) is 3.40. The minimum absolute atomic E-state index is 0.0348. The number of aliphatic hydroxyl groups is 1. The summed E-state index contributed by atoms with van der Waals surface area (Å²) >= 11 is 1.52. The number of aryl methyl sites for hydroxylation is 1. The van der Waals surface area contributed by atoms with Crippen LogP contribution in [-0.4, -0.2) is 64.0 Å². The average molecular weight is 498 g/mol. The molecule has 0 saturated carbocycles. The molecule has 1 aliphatic heterocycles. The first-order valence-electron chi connectivity index (χ1n) is 12.0. The van der Waals surface area contributed by atoms with Crippen molar-refractivity contribution >= 4 is 33.8 Å². The van der Waals surface area contributed by atoms with Gasteiger partial charge < -0.3 is 20.2 Å². The highest BCUT2D eigenvalue weighted by molar-refractivity contribution is 7.14. The first-order valence-corrected chi connectivity index (χ1v) is 12.9. The Labute approximate surface area is 209 Å². The number of aliphatic hydroxyl groups excluding tert-OH is 1. The zero-order chi connectivity index (χ0) is 24.9. The predicted octanol–water partition coefficient (Wildman–Crippen LogP) is 4.12. The monoisotopic (exact) mass is 497 g/mol. The predicted molar refractivity (Wildman–Crippen MR) is 140 cm³/mol. The molecule has 4 heterocycles. The smallest absolute Gasteiger partial charge is 0.191 e. The lowest BCUT2D eigenvalue weighted by atomic mass is 10.2. The van der Waals surface area contributed by atoms with E-state index in [0.29, 0.717) is 6.54 Å². The fourth-order valence-corrected chi connectivity index (χ4v) is 4.92. The molecule has 8 nitrogen and oxygen atoms in total. The topological polar surface area (TPSA) is 81.8 Å². The van der Waals surface area contributed by atoms with Crippen molar-refractivity contribution in [1.29, 1.82) is 0 Å². The van der Waals surface area contributed by atoms with E-state index in [2.05, 4.69) is 17.1 Å². The zero-order valence-electron chi connectivity index (χ0n) is 20.6. The van der Waals surface area contributed by atoms with Gasteiger partial charge in [0.15, 0.2) is 16.6 Å². The van der Waals surface area contributed by atoms with E-state index in [1.54, 1.807) is 12.1 Å². The summed E-state index contributed by atoms with van der Waals surface area (Å²) in [7, 11) is 1.97. The number of benzene rings is 1. The molecule has 0 aliphatic carbocycles. The van der Waals surface area contributed by atoms with Crippen molar-refractivity contribution in [3.8, 4) is 11.3 Å². The van der Waals surface area contributed by atoms with Crippen LogP contribution in [-0.2, 0) is 6.42 Å². The van der Waals surface area contributed by atoms with Gasteiger partial charge >= 0.3 is 0 Å². The van der Waals surface area contributed by atoms with Crippen molar-refractivity contribution in [2.45, 2.75) is 33.2 Å². The van der Waals surface area contributed by atoms with Crippen LogP contribution in [0.5, 0.6) is 0 Å². The number of fused-ring (bicyclic) bond motifs is 1. The van der Waals surface area contributed by atoms with Crippen LogP contribution in [0.2, 0.25) is 0 Å². The Morgan fingerprint density at radius 3 is 2.66 bits per heavy atom. The number of aromatic nitrogens is 4. The average Bonchev–Trinajstić information content (AvgIpc) is 3.55. The van der Waals surface area contributed by atoms with Gasteiger partial charge in [0.2, 0.25) is 0 Å². The number of rotatable bonds is 6. The summed E-state index contributed by atoms with van der Waals surface area (Å²) < 4.78 is 15.2. The van der Waals surface area contributed by atoms with Crippen LogP contribution in [0, 0.1) is 5.82 Å². The van der Waals surface area contributed by atoms with Crippen LogP contribution in [0.25, 0.3) is 16.9 Å². The largest absolute Gasteiger partial charge is 0.395 e. The second kappa shape index (κ2) is 11.1. The molecule has 4 aromatic rings. The van der Waals surface area contributed by atoms with E-state index in [1.165, 1.54) is 23.5 Å². The molecule has 5 rings (SSSR count). The van der Waals surface area contributed by atoms with Gasteiger partial charge in [-0.15, -0.1) is 16.4 Å². The van der Waals surface area contributed by atoms with Crippen LogP contribution in [0.15, 0.2) is 41.8 Å². The third kappa shape index (κ3) is 5.14. The van der Waals surface area contributed by atoms with Crippen LogP contribution in [0.3, 0.4) is 0 Å². The van der Waals surface area contributed by atoms with Crippen LogP contribution in [0.1, 0.15) is 26.5 Å². The molecule has 3 aromatic heterocycles. The molecular weight excluding hydrogens is 465 g/mol. The summed E-state index contributed by atoms with van der Waals surface area (Å²) in [6.07, 6.45) is 0.759. The van der Waals surface area contributed by atoms with Crippen molar-refractivity contribution in [2.75, 3.05) is 43.1 Å². The maximum Gasteiger partial charge on any atom is 0.191 e. The van der Waals surface area contributed by atoms with E-state index >= 15 is 0 Å². The summed E-state index contributed by atoms with van der Waals surface area (Å²) in [6.45, 7) is 8.49. The van der Waals surface area contributed by atoms with Gasteiger partial charge in [-0.1, -0.05) is 20.8 Å². The van der Waals surface area contributed by atoms with E-state index in [4.69, 9.17) is 15.1 Å². The number of thiazole rings is 1. The van der Waals surface area contributed by atoms with E-state index in [-0.39, 0.29) is 18.5 Å². The fraction of sp³-hybridized carbons (Fsp3) is 0.400. The van der Waals surface area contributed by atoms with E-state index < -0.39 is 0 Å². The first kappa shape index (κ1) is 25.0. The third-order valence-electron chi connectivity index (χ3n) is 5.88. The van der Waals surface area contributed by atoms with Gasteiger partial charge in [0, 0.05) is 43.7 Å². The van der Waals surface area contributed by atoms with Gasteiger partial charge in [0.25, 0.3) is 0 Å². The van der Waals surface area contributed by atoms with Gasteiger partial charge in [0.05, 0.1) is 18.0 Å². The number of nitrogens with one attached hydrogen (secondary N) is 1. The second-order valence-corrected chi connectivity index (χ2v) is 8.89. The molecule has 2 N–H and O–H groups in total. The SMILES string of the molecule is CC.CCc1nc2ccc(N3CCN[C@H](CO)C3)nn2c1N(C)c1nc(-c2ccc(F)cc2)cs1. The summed E-state index contributed by atoms with van der Waals surface area (Å²) in [5.74, 6) is 1.47. The highest BCUT2D eigenvalue weighted by Gasteiger charge is 2.23. The second-order valence-electron chi connectivity index (χ2n) is 8.06. The molecule has 186 valence electrons. The Bertz CT molecular complexity index is 1260. The highest BCUT2D eigenvalue weighted by Crippen LogP contribution is 2.33. The number of hydrogen-bond donors (Lipinski definition) is 2. The van der Waals surface area contributed by atoms with E-state index in [9.17, 15) is 9.50 Å². The molecule has 1 atom stereocenters. The molecule has 10 heteroatoms. The van der Waals surface area contributed by atoms with Crippen molar-refractivity contribution < 1.29 is 9.50 Å². The zero-order valence-corrected chi connectivity index (χ0v) is 21.4. The lowest BCUT2D eigenvalue weighted by molar-refractivity contribution is 0.235. The van der Waals surface area contributed by atoms with Crippen molar-refractivity contribution in [2.24, 2.45) is 0 Å². The summed E-state index contributed by atoms with van der Waals surface area (Å²) in [6, 6.07) is 10.4. The number of anilines is 3. The minimum atomic E-state index is -0.263. The Balaban J connectivity index is 0.00000141. The Morgan fingerprint density at radius 1 is 1.17 bits per heavy atom. The molecule has 0 bridgehead atoms. The number of nitrogens with zero attached hydrogens (tertiary/aromatic N) is 6. The maximum absolute atomic E-state index is 13.3. The minimum Gasteiger partial charge on any atom is -0.395 e. The Kier molecular flexibility index (Phi) is 7.94. The highest BCUT2D eigenvalue weighted by atomic mass is 32.1. The molecule has 0 spiro atoms. The first-order chi connectivity index (χ1) is 17.1. The van der Waals surface area contributed by atoms with Crippen LogP contribution in [0.4, 0.5) is 21.2 Å². The van der Waals surface area contributed by atoms with Gasteiger partial charge in [-0.05, 0) is 42.8 Å². The fourth-order valence-electron chi connectivity index (χ4n) is 4.12. The lowest BCUT2D eigenvalue weighted by Gasteiger charge is -2.33. The number of imidazole rings is 1. The molecule has 0 unspecified atom stereocenters. The molecular formula is C25H32FN7OS. The summed E-state index contributed by atoms with van der Waals surface area (Å²) in [5, 5.41) is 20.6. The molecule has 1 saturated heterocycles. The van der Waals surface area contributed by atoms with Gasteiger partial charge in [-0.3, -0.25) is 0 Å². The van der Waals surface area contributed by atoms with E-state index in [0.717, 1.165) is 58.9 Å². The normalized spacial score (nSPS) is 15.7. The van der Waals surface area contributed by atoms with Crippen molar-refractivity contribution in [3.63, 3.8) is 0 Å².